The average Bonchev–Trinajstić information content (AvgIpc) is 2.69. The van der Waals surface area contributed by atoms with Gasteiger partial charge >= 0.3 is 0 Å². The Hall–Kier alpha value is -2.22. The predicted molar refractivity (Wildman–Crippen MR) is 114 cm³/mol. The molecule has 2 aromatic rings. The summed E-state index contributed by atoms with van der Waals surface area (Å²) < 4.78 is 27.8. The first-order chi connectivity index (χ1) is 13.7. The monoisotopic (exact) mass is 415 g/mol. The lowest BCUT2D eigenvalue weighted by molar-refractivity contribution is -0.135. The zero-order chi connectivity index (χ0) is 21.2. The maximum atomic E-state index is 13.1. The van der Waals surface area contributed by atoms with Gasteiger partial charge in [0.2, 0.25) is 15.9 Å². The molecule has 6 nitrogen and oxygen atoms in total. The molecule has 1 aliphatic heterocycles. The number of piperazine rings is 1. The van der Waals surface area contributed by atoms with Crippen molar-refractivity contribution in [3.05, 3.63) is 65.2 Å². The predicted octanol–water partition coefficient (Wildman–Crippen LogP) is 2.44. The Morgan fingerprint density at radius 3 is 2.14 bits per heavy atom. The van der Waals surface area contributed by atoms with Crippen molar-refractivity contribution in [3.8, 4) is 0 Å². The van der Waals surface area contributed by atoms with E-state index in [1.54, 1.807) is 25.1 Å². The van der Waals surface area contributed by atoms with Gasteiger partial charge < -0.3 is 4.90 Å². The molecule has 0 unspecified atom stereocenters. The number of sulfonamides is 1. The number of aryl methyl sites for hydroxylation is 2. The molecule has 0 bridgehead atoms. The zero-order valence-electron chi connectivity index (χ0n) is 17.5. The summed E-state index contributed by atoms with van der Waals surface area (Å²) >= 11 is 0. The van der Waals surface area contributed by atoms with E-state index in [2.05, 4.69) is 4.90 Å². The molecule has 1 heterocycles. The van der Waals surface area contributed by atoms with E-state index in [0.29, 0.717) is 31.1 Å². The number of carbonyl (C=O) groups excluding carboxylic acids is 1. The molecule has 2 aromatic carbocycles. The lowest BCUT2D eigenvalue weighted by Crippen LogP contribution is -2.52. The van der Waals surface area contributed by atoms with Crippen LogP contribution in [0.2, 0.25) is 0 Å². The molecule has 1 atom stereocenters. The van der Waals surface area contributed by atoms with Crippen LogP contribution in [0.5, 0.6) is 0 Å². The average molecular weight is 416 g/mol. The Morgan fingerprint density at radius 2 is 1.59 bits per heavy atom. The van der Waals surface area contributed by atoms with E-state index in [1.807, 2.05) is 56.3 Å². The van der Waals surface area contributed by atoms with Crippen LogP contribution in [-0.4, -0.2) is 68.7 Å². The van der Waals surface area contributed by atoms with Crippen LogP contribution < -0.4 is 0 Å². The van der Waals surface area contributed by atoms with E-state index in [-0.39, 0.29) is 5.91 Å². The van der Waals surface area contributed by atoms with Gasteiger partial charge in [0.25, 0.3) is 0 Å². The van der Waals surface area contributed by atoms with E-state index < -0.39 is 16.1 Å². The fourth-order valence-electron chi connectivity index (χ4n) is 3.82. The third-order valence-electron chi connectivity index (χ3n) is 5.38. The van der Waals surface area contributed by atoms with Crippen molar-refractivity contribution in [2.24, 2.45) is 0 Å². The largest absolute Gasteiger partial charge is 0.347 e. The van der Waals surface area contributed by atoms with Crippen molar-refractivity contribution in [2.75, 3.05) is 40.3 Å². The van der Waals surface area contributed by atoms with E-state index in [9.17, 15) is 13.2 Å². The molecule has 0 N–H and O–H groups in total. The van der Waals surface area contributed by atoms with Gasteiger partial charge in [-0.3, -0.25) is 9.69 Å². The smallest absolute Gasteiger partial charge is 0.244 e. The summed E-state index contributed by atoms with van der Waals surface area (Å²) in [6, 6.07) is 14.7. The number of hydrogen-bond acceptors (Lipinski definition) is 4. The van der Waals surface area contributed by atoms with Crippen LogP contribution >= 0.6 is 0 Å². The van der Waals surface area contributed by atoms with Crippen molar-refractivity contribution in [3.63, 3.8) is 0 Å². The SMILES string of the molecule is Cc1ccc(S(=O)(=O)N2CCN([C@@H](C(=O)N(C)C)c3ccccc3)CC2)c(C)c1. The molecule has 0 saturated carbocycles. The minimum Gasteiger partial charge on any atom is -0.347 e. The topological polar surface area (TPSA) is 60.9 Å². The summed E-state index contributed by atoms with van der Waals surface area (Å²) in [6.45, 7) is 5.51. The second-order valence-electron chi connectivity index (χ2n) is 7.75. The van der Waals surface area contributed by atoms with E-state index in [0.717, 1.165) is 16.7 Å². The van der Waals surface area contributed by atoms with Crippen molar-refractivity contribution in [1.82, 2.24) is 14.1 Å². The molecule has 7 heteroatoms. The molecule has 3 rings (SSSR count). The summed E-state index contributed by atoms with van der Waals surface area (Å²) in [6.07, 6.45) is 0. The number of carbonyl (C=O) groups is 1. The quantitative estimate of drug-likeness (QED) is 0.753. The standard InChI is InChI=1S/C22H29N3O3S/c1-17-10-11-20(18(2)16-17)29(27,28)25-14-12-24(13-15-25)21(22(26)23(3)4)19-8-6-5-7-9-19/h5-11,16,21H,12-15H2,1-4H3/t21-/m1/s1. The Bertz CT molecular complexity index is 966. The van der Waals surface area contributed by atoms with E-state index in [1.165, 1.54) is 4.31 Å². The normalized spacial score (nSPS) is 17.1. The third-order valence-corrected chi connectivity index (χ3v) is 7.44. The first-order valence-corrected chi connectivity index (χ1v) is 11.2. The molecular formula is C22H29N3O3S. The van der Waals surface area contributed by atoms with Crippen molar-refractivity contribution < 1.29 is 13.2 Å². The molecule has 156 valence electrons. The second kappa shape index (κ2) is 8.65. The molecule has 29 heavy (non-hydrogen) atoms. The molecule has 1 amide bonds. The van der Waals surface area contributed by atoms with E-state index in [4.69, 9.17) is 0 Å². The van der Waals surface area contributed by atoms with Crippen LogP contribution in [0.4, 0.5) is 0 Å². The van der Waals surface area contributed by atoms with Gasteiger partial charge in [-0.05, 0) is 31.0 Å². The molecule has 1 aliphatic rings. The summed E-state index contributed by atoms with van der Waals surface area (Å²) in [4.78, 5) is 16.9. The Morgan fingerprint density at radius 1 is 0.966 bits per heavy atom. The lowest BCUT2D eigenvalue weighted by atomic mass is 10.0. The highest BCUT2D eigenvalue weighted by atomic mass is 32.2. The van der Waals surface area contributed by atoms with Crippen molar-refractivity contribution in [1.29, 1.82) is 0 Å². The Balaban J connectivity index is 1.80. The van der Waals surface area contributed by atoms with Crippen LogP contribution in [-0.2, 0) is 14.8 Å². The molecule has 1 saturated heterocycles. The van der Waals surface area contributed by atoms with Gasteiger partial charge in [-0.25, -0.2) is 8.42 Å². The maximum absolute atomic E-state index is 13.1. The number of rotatable bonds is 5. The lowest BCUT2D eigenvalue weighted by Gasteiger charge is -2.39. The highest BCUT2D eigenvalue weighted by molar-refractivity contribution is 7.89. The Labute approximate surface area is 173 Å². The number of likely N-dealkylation sites (N-methyl/N-ethyl adjacent to an activating group) is 1. The van der Waals surface area contributed by atoms with Crippen molar-refractivity contribution in [2.45, 2.75) is 24.8 Å². The highest BCUT2D eigenvalue weighted by Crippen LogP contribution is 2.27. The first kappa shape index (κ1) is 21.5. The van der Waals surface area contributed by atoms with Crippen LogP contribution in [0.1, 0.15) is 22.7 Å². The molecule has 0 aromatic heterocycles. The molecule has 0 aliphatic carbocycles. The van der Waals surface area contributed by atoms with Gasteiger partial charge in [0, 0.05) is 40.3 Å². The number of benzene rings is 2. The fourth-order valence-corrected chi connectivity index (χ4v) is 5.45. The molecule has 1 fully saturated rings. The van der Waals surface area contributed by atoms with Crippen LogP contribution in [0.15, 0.2) is 53.4 Å². The fraction of sp³-hybridized carbons (Fsp3) is 0.409. The third kappa shape index (κ3) is 4.52. The summed E-state index contributed by atoms with van der Waals surface area (Å²) in [5.74, 6) is 0.00175. The molecule has 0 spiro atoms. The second-order valence-corrected chi connectivity index (χ2v) is 9.66. The number of hydrogen-bond donors (Lipinski definition) is 0. The van der Waals surface area contributed by atoms with E-state index >= 15 is 0 Å². The van der Waals surface area contributed by atoms with Crippen LogP contribution in [0, 0.1) is 13.8 Å². The first-order valence-electron chi connectivity index (χ1n) is 9.79. The summed E-state index contributed by atoms with van der Waals surface area (Å²) in [5.41, 5.74) is 2.73. The van der Waals surface area contributed by atoms with Crippen LogP contribution in [0.25, 0.3) is 0 Å². The van der Waals surface area contributed by atoms with Gasteiger partial charge in [-0.2, -0.15) is 4.31 Å². The van der Waals surface area contributed by atoms with Gasteiger partial charge in [-0.1, -0.05) is 48.0 Å². The number of amides is 1. The van der Waals surface area contributed by atoms with Gasteiger partial charge in [-0.15, -0.1) is 0 Å². The summed E-state index contributed by atoms with van der Waals surface area (Å²) in [5, 5.41) is 0. The van der Waals surface area contributed by atoms with Crippen molar-refractivity contribution >= 4 is 15.9 Å². The molecular weight excluding hydrogens is 386 g/mol. The minimum atomic E-state index is -3.55. The maximum Gasteiger partial charge on any atom is 0.244 e. The summed E-state index contributed by atoms with van der Waals surface area (Å²) in [7, 11) is -0.0502. The minimum absolute atomic E-state index is 0.00175. The number of nitrogens with zero attached hydrogens (tertiary/aromatic N) is 3. The van der Waals surface area contributed by atoms with Gasteiger partial charge in [0.15, 0.2) is 0 Å². The highest BCUT2D eigenvalue weighted by Gasteiger charge is 2.35. The molecule has 0 radical (unpaired) electrons. The zero-order valence-corrected chi connectivity index (χ0v) is 18.3. The van der Waals surface area contributed by atoms with Crippen LogP contribution in [0.3, 0.4) is 0 Å². The van der Waals surface area contributed by atoms with Gasteiger partial charge in [0.05, 0.1) is 4.90 Å². The Kier molecular flexibility index (Phi) is 6.41. The van der Waals surface area contributed by atoms with Gasteiger partial charge in [0.1, 0.15) is 6.04 Å².